The van der Waals surface area contributed by atoms with Gasteiger partial charge in [-0.15, -0.1) is 0 Å². The molecule has 4 aromatic rings. The quantitative estimate of drug-likeness (QED) is 0.469. The summed E-state index contributed by atoms with van der Waals surface area (Å²) in [5, 5.41) is 7.89. The van der Waals surface area contributed by atoms with Crippen molar-refractivity contribution in [2.45, 2.75) is 38.1 Å². The highest BCUT2D eigenvalue weighted by atomic mass is 35.5. The first-order chi connectivity index (χ1) is 15.5. The van der Waals surface area contributed by atoms with Gasteiger partial charge in [-0.3, -0.25) is 4.68 Å². The molecule has 32 heavy (non-hydrogen) atoms. The number of nitrogens with zero attached hydrogens (tertiary/aromatic N) is 6. The van der Waals surface area contributed by atoms with Crippen molar-refractivity contribution >= 4 is 28.6 Å². The lowest BCUT2D eigenvalue weighted by molar-refractivity contribution is 0.157. The zero-order valence-corrected chi connectivity index (χ0v) is 18.3. The molecule has 10 heteroatoms. The van der Waals surface area contributed by atoms with E-state index in [2.05, 4.69) is 35.3 Å². The third-order valence-corrected chi connectivity index (χ3v) is 6.97. The van der Waals surface area contributed by atoms with E-state index in [1.165, 1.54) is 31.9 Å². The van der Waals surface area contributed by atoms with Crippen LogP contribution in [0.3, 0.4) is 0 Å². The number of aromatic amines is 1. The Morgan fingerprint density at radius 1 is 1.16 bits per heavy atom. The smallest absolute Gasteiger partial charge is 0.191 e. The van der Waals surface area contributed by atoms with Crippen LogP contribution in [0.2, 0.25) is 5.15 Å². The van der Waals surface area contributed by atoms with Crippen LogP contribution in [-0.2, 0) is 7.05 Å². The number of aromatic nitrogens is 7. The Morgan fingerprint density at radius 2 is 2.00 bits per heavy atom. The molecular weight excluding hydrogens is 431 g/mol. The van der Waals surface area contributed by atoms with Crippen LogP contribution < -0.4 is 5.32 Å². The molecule has 4 heterocycles. The number of rotatable bonds is 4. The number of aryl methyl sites for hydroxylation is 1. The molecule has 7 rings (SSSR count). The number of anilines is 1. The summed E-state index contributed by atoms with van der Waals surface area (Å²) in [6.45, 7) is 0. The molecule has 2 N–H and O–H groups in total. The summed E-state index contributed by atoms with van der Waals surface area (Å²) in [6, 6.07) is 0.221. The van der Waals surface area contributed by atoms with Crippen LogP contribution in [0.1, 0.15) is 32.1 Å². The van der Waals surface area contributed by atoms with Gasteiger partial charge in [-0.25, -0.2) is 24.3 Å². The van der Waals surface area contributed by atoms with E-state index in [0.717, 1.165) is 6.42 Å². The predicted octanol–water partition coefficient (Wildman–Crippen LogP) is 4.60. The summed E-state index contributed by atoms with van der Waals surface area (Å²) in [7, 11) is 1.79. The highest BCUT2D eigenvalue weighted by Crippen LogP contribution is 2.43. The van der Waals surface area contributed by atoms with E-state index in [4.69, 9.17) is 11.6 Å². The molecule has 3 aliphatic carbocycles. The van der Waals surface area contributed by atoms with Crippen LogP contribution in [0.4, 0.5) is 10.2 Å². The molecule has 0 radical (unpaired) electrons. The van der Waals surface area contributed by atoms with Crippen molar-refractivity contribution in [2.75, 3.05) is 5.32 Å². The van der Waals surface area contributed by atoms with Gasteiger partial charge in [0.15, 0.2) is 23.1 Å². The average Bonchev–Trinajstić information content (AvgIpc) is 3.42. The summed E-state index contributed by atoms with van der Waals surface area (Å²) in [4.78, 5) is 20.9. The first-order valence-electron chi connectivity index (χ1n) is 10.9. The number of fused-ring (bicyclic) bond motifs is 4. The Labute approximate surface area is 188 Å². The van der Waals surface area contributed by atoms with Crippen LogP contribution in [0.15, 0.2) is 24.8 Å². The molecule has 1 atom stereocenters. The lowest BCUT2D eigenvalue weighted by Gasteiger charge is -2.42. The molecule has 164 valence electrons. The summed E-state index contributed by atoms with van der Waals surface area (Å²) < 4.78 is 17.3. The van der Waals surface area contributed by atoms with Crippen LogP contribution >= 0.6 is 11.6 Å². The molecule has 0 aromatic carbocycles. The number of nitrogens with one attached hydrogen (secondary N) is 2. The number of hydrogen-bond donors (Lipinski definition) is 2. The van der Waals surface area contributed by atoms with Crippen molar-refractivity contribution in [1.82, 2.24) is 34.7 Å². The van der Waals surface area contributed by atoms with E-state index in [9.17, 15) is 0 Å². The molecule has 2 bridgehead atoms. The van der Waals surface area contributed by atoms with Crippen molar-refractivity contribution < 1.29 is 4.39 Å². The minimum Gasteiger partial charge on any atom is -0.364 e. The van der Waals surface area contributed by atoms with Gasteiger partial charge in [0.25, 0.3) is 0 Å². The van der Waals surface area contributed by atoms with Gasteiger partial charge < -0.3 is 10.3 Å². The van der Waals surface area contributed by atoms with Crippen molar-refractivity contribution in [2.24, 2.45) is 18.9 Å². The van der Waals surface area contributed by atoms with Crippen LogP contribution in [0, 0.1) is 17.7 Å². The number of H-pyrrole nitrogens is 1. The van der Waals surface area contributed by atoms with Crippen molar-refractivity contribution in [3.63, 3.8) is 0 Å². The van der Waals surface area contributed by atoms with Gasteiger partial charge >= 0.3 is 0 Å². The minimum absolute atomic E-state index is 0.205. The van der Waals surface area contributed by atoms with Crippen molar-refractivity contribution in [1.29, 1.82) is 0 Å². The van der Waals surface area contributed by atoms with Gasteiger partial charge in [-0.2, -0.15) is 5.10 Å². The molecule has 0 saturated heterocycles. The van der Waals surface area contributed by atoms with Gasteiger partial charge in [0, 0.05) is 31.0 Å². The summed E-state index contributed by atoms with van der Waals surface area (Å²) >= 11 is 6.07. The summed E-state index contributed by atoms with van der Waals surface area (Å²) in [5.41, 5.74) is 2.53. The molecule has 0 aliphatic heterocycles. The highest BCUT2D eigenvalue weighted by Gasteiger charge is 2.36. The normalized spacial score (nSPS) is 22.5. The second-order valence-electron chi connectivity index (χ2n) is 8.82. The summed E-state index contributed by atoms with van der Waals surface area (Å²) in [5.74, 6) is 1.38. The zero-order valence-electron chi connectivity index (χ0n) is 17.5. The fourth-order valence-electron chi connectivity index (χ4n) is 5.17. The van der Waals surface area contributed by atoms with Gasteiger partial charge in [0.2, 0.25) is 0 Å². The number of halogens is 2. The standard InChI is InChI=1S/C22H22ClFN8/c1-32-10-13(7-27-32)18-17(24)21(28-15-6-11-2-4-12(15)5-3-11)31-20(30-18)14-8-25-22-19(14)29-16(23)9-26-22/h7-12,15H,2-6H2,1H3,(H,25,26)(H,28,30,31)/t11?,12?,15-/m0/s1. The highest BCUT2D eigenvalue weighted by molar-refractivity contribution is 6.29. The second kappa shape index (κ2) is 7.51. The van der Waals surface area contributed by atoms with Crippen molar-refractivity contribution in [3.05, 3.63) is 35.8 Å². The molecule has 3 aliphatic rings. The predicted molar refractivity (Wildman–Crippen MR) is 120 cm³/mol. The van der Waals surface area contributed by atoms with E-state index in [1.807, 2.05) is 0 Å². The average molecular weight is 453 g/mol. The molecule has 4 aromatic heterocycles. The molecule has 0 unspecified atom stereocenters. The molecule has 3 fully saturated rings. The SMILES string of the molecule is Cn1cc(-c2nc(-c3c[nH]c4ncc(Cl)nc34)nc(N[C@H]3CC4CCC3CC4)c2F)cn1. The Hall–Kier alpha value is -3.07. The second-order valence-corrected chi connectivity index (χ2v) is 9.21. The van der Waals surface area contributed by atoms with Crippen molar-refractivity contribution in [3.8, 4) is 22.6 Å². The Balaban J connectivity index is 1.48. The molecule has 0 spiro atoms. The third-order valence-electron chi connectivity index (χ3n) is 6.79. The fraction of sp³-hybridized carbons (Fsp3) is 0.409. The molecule has 0 amide bonds. The molecular formula is C22H22ClFN8. The van der Waals surface area contributed by atoms with E-state index in [1.54, 1.807) is 30.3 Å². The monoisotopic (exact) mass is 452 g/mol. The first kappa shape index (κ1) is 19.6. The van der Waals surface area contributed by atoms with Gasteiger partial charge in [0.1, 0.15) is 16.4 Å². The Bertz CT molecular complexity index is 1310. The lowest BCUT2D eigenvalue weighted by Crippen LogP contribution is -2.40. The zero-order chi connectivity index (χ0) is 21.8. The van der Waals surface area contributed by atoms with Gasteiger partial charge in [0.05, 0.1) is 18.0 Å². The molecule has 3 saturated carbocycles. The minimum atomic E-state index is -0.466. The topological polar surface area (TPSA) is 97.2 Å². The van der Waals surface area contributed by atoms with Gasteiger partial charge in [-0.1, -0.05) is 24.4 Å². The maximum atomic E-state index is 15.7. The maximum Gasteiger partial charge on any atom is 0.191 e. The first-order valence-corrected chi connectivity index (χ1v) is 11.3. The summed E-state index contributed by atoms with van der Waals surface area (Å²) in [6.07, 6.45) is 12.5. The molecule has 8 nitrogen and oxygen atoms in total. The largest absolute Gasteiger partial charge is 0.364 e. The van der Waals surface area contributed by atoms with E-state index < -0.39 is 5.82 Å². The Morgan fingerprint density at radius 3 is 2.72 bits per heavy atom. The Kier molecular flexibility index (Phi) is 4.60. The maximum absolute atomic E-state index is 15.7. The van der Waals surface area contributed by atoms with Crippen LogP contribution in [-0.4, -0.2) is 40.7 Å². The van der Waals surface area contributed by atoms with E-state index in [-0.39, 0.29) is 22.7 Å². The lowest BCUT2D eigenvalue weighted by atomic mass is 9.68. The van der Waals surface area contributed by atoms with Crippen LogP contribution in [0.25, 0.3) is 33.8 Å². The van der Waals surface area contributed by atoms with E-state index in [0.29, 0.717) is 40.0 Å². The van der Waals surface area contributed by atoms with Crippen LogP contribution in [0.5, 0.6) is 0 Å². The van der Waals surface area contributed by atoms with E-state index >= 15 is 4.39 Å². The van der Waals surface area contributed by atoms with Gasteiger partial charge in [-0.05, 0) is 31.1 Å². The third kappa shape index (κ3) is 3.31. The fourth-order valence-corrected chi connectivity index (χ4v) is 5.30. The number of hydrogen-bond acceptors (Lipinski definition) is 6.